The van der Waals surface area contributed by atoms with E-state index in [-0.39, 0.29) is 0 Å². The summed E-state index contributed by atoms with van der Waals surface area (Å²) in [5.41, 5.74) is 7.06. The number of imidazole rings is 1. The Kier molecular flexibility index (Phi) is 3.03. The van der Waals surface area contributed by atoms with E-state index in [4.69, 9.17) is 10.7 Å². The molecular formula is C13H20N4S. The molecule has 1 aliphatic rings. The molecule has 2 atom stereocenters. The Bertz CT molecular complexity index is 544. The molecule has 4 nitrogen and oxygen atoms in total. The van der Waals surface area contributed by atoms with Gasteiger partial charge < -0.3 is 10.6 Å². The zero-order valence-electron chi connectivity index (χ0n) is 11.0. The topological polar surface area (TPSA) is 46.6 Å². The van der Waals surface area contributed by atoms with Crippen molar-refractivity contribution < 1.29 is 0 Å². The van der Waals surface area contributed by atoms with Crippen molar-refractivity contribution in [3.8, 4) is 0 Å². The third-order valence-corrected chi connectivity index (χ3v) is 4.70. The highest BCUT2D eigenvalue weighted by Crippen LogP contribution is 2.31. The Hall–Kier alpha value is -1.07. The summed E-state index contributed by atoms with van der Waals surface area (Å²) < 4.78 is 2.13. The normalized spacial score (nSPS) is 24.9. The summed E-state index contributed by atoms with van der Waals surface area (Å²) in [4.78, 5) is 8.25. The quantitative estimate of drug-likeness (QED) is 0.906. The zero-order chi connectivity index (χ0) is 12.7. The van der Waals surface area contributed by atoms with Gasteiger partial charge in [-0.15, -0.1) is 11.3 Å². The van der Waals surface area contributed by atoms with Crippen molar-refractivity contribution in [3.63, 3.8) is 0 Å². The molecule has 0 bridgehead atoms. The molecule has 1 aliphatic heterocycles. The van der Waals surface area contributed by atoms with Crippen LogP contribution in [0.15, 0.2) is 11.6 Å². The SMILES string of the molecule is CC1CCN(c2nc3sccn3c2CN)C(C)C1. The van der Waals surface area contributed by atoms with Gasteiger partial charge in [0.1, 0.15) is 0 Å². The summed E-state index contributed by atoms with van der Waals surface area (Å²) in [5, 5.41) is 2.06. The van der Waals surface area contributed by atoms with Crippen molar-refractivity contribution in [2.45, 2.75) is 39.3 Å². The molecule has 2 N–H and O–H groups in total. The molecule has 0 spiro atoms. The van der Waals surface area contributed by atoms with Crippen molar-refractivity contribution in [1.82, 2.24) is 9.38 Å². The van der Waals surface area contributed by atoms with E-state index in [0.29, 0.717) is 12.6 Å². The fourth-order valence-corrected chi connectivity index (χ4v) is 3.69. The lowest BCUT2D eigenvalue weighted by Crippen LogP contribution is -2.41. The van der Waals surface area contributed by atoms with Crippen molar-refractivity contribution in [2.75, 3.05) is 11.4 Å². The Morgan fingerprint density at radius 2 is 2.33 bits per heavy atom. The molecule has 0 amide bonds. The monoisotopic (exact) mass is 264 g/mol. The summed E-state index contributed by atoms with van der Waals surface area (Å²) in [5.74, 6) is 1.92. The fourth-order valence-electron chi connectivity index (χ4n) is 2.96. The molecule has 18 heavy (non-hydrogen) atoms. The summed E-state index contributed by atoms with van der Waals surface area (Å²) in [7, 11) is 0. The molecule has 2 aromatic rings. The first-order chi connectivity index (χ1) is 8.70. The van der Waals surface area contributed by atoms with Crippen LogP contribution in [0.1, 0.15) is 32.4 Å². The summed E-state index contributed by atoms with van der Waals surface area (Å²) in [6.45, 7) is 6.28. The average Bonchev–Trinajstić information content (AvgIpc) is 2.88. The molecule has 2 aromatic heterocycles. The van der Waals surface area contributed by atoms with Gasteiger partial charge in [-0.1, -0.05) is 6.92 Å². The van der Waals surface area contributed by atoms with Crippen LogP contribution in [0.5, 0.6) is 0 Å². The molecule has 98 valence electrons. The third kappa shape index (κ3) is 1.82. The predicted molar refractivity (Wildman–Crippen MR) is 76.2 cm³/mol. The Morgan fingerprint density at radius 1 is 1.50 bits per heavy atom. The van der Waals surface area contributed by atoms with Crippen LogP contribution in [-0.4, -0.2) is 22.0 Å². The number of aromatic nitrogens is 2. The number of hydrogen-bond acceptors (Lipinski definition) is 4. The minimum absolute atomic E-state index is 0.548. The standard InChI is InChI=1S/C13H20N4S/c1-9-3-4-16(10(2)7-9)12-11(8-14)17-5-6-18-13(17)15-12/h5-6,9-10H,3-4,7-8,14H2,1-2H3. The number of rotatable bonds is 2. The van der Waals surface area contributed by atoms with E-state index in [0.717, 1.165) is 28.9 Å². The van der Waals surface area contributed by atoms with E-state index in [1.54, 1.807) is 11.3 Å². The van der Waals surface area contributed by atoms with Crippen LogP contribution in [0.4, 0.5) is 5.82 Å². The van der Waals surface area contributed by atoms with Gasteiger partial charge in [0, 0.05) is 30.7 Å². The number of nitrogens with two attached hydrogens (primary N) is 1. The maximum absolute atomic E-state index is 5.92. The van der Waals surface area contributed by atoms with Gasteiger partial charge in [-0.25, -0.2) is 4.98 Å². The van der Waals surface area contributed by atoms with Crippen LogP contribution in [-0.2, 0) is 6.54 Å². The van der Waals surface area contributed by atoms with E-state index in [9.17, 15) is 0 Å². The van der Waals surface area contributed by atoms with E-state index in [2.05, 4.69) is 34.7 Å². The van der Waals surface area contributed by atoms with Gasteiger partial charge in [0.15, 0.2) is 10.8 Å². The number of nitrogens with zero attached hydrogens (tertiary/aromatic N) is 3. The molecule has 1 fully saturated rings. The lowest BCUT2D eigenvalue weighted by molar-refractivity contribution is 0.375. The van der Waals surface area contributed by atoms with Gasteiger partial charge in [0.25, 0.3) is 0 Å². The van der Waals surface area contributed by atoms with Crippen LogP contribution in [0.2, 0.25) is 0 Å². The maximum Gasteiger partial charge on any atom is 0.195 e. The van der Waals surface area contributed by atoms with Gasteiger partial charge in [0.05, 0.1) is 5.69 Å². The number of thiazole rings is 1. The smallest absolute Gasteiger partial charge is 0.195 e. The molecule has 2 unspecified atom stereocenters. The van der Waals surface area contributed by atoms with Crippen LogP contribution >= 0.6 is 11.3 Å². The molecule has 0 radical (unpaired) electrons. The Balaban J connectivity index is 2.00. The number of anilines is 1. The van der Waals surface area contributed by atoms with Crippen LogP contribution in [0, 0.1) is 5.92 Å². The molecule has 0 saturated carbocycles. The number of fused-ring (bicyclic) bond motifs is 1. The van der Waals surface area contributed by atoms with Crippen LogP contribution in [0.3, 0.4) is 0 Å². The zero-order valence-corrected chi connectivity index (χ0v) is 11.8. The van der Waals surface area contributed by atoms with Crippen molar-refractivity contribution >= 4 is 22.1 Å². The summed E-state index contributed by atoms with van der Waals surface area (Å²) in [6, 6.07) is 0.559. The maximum atomic E-state index is 5.92. The van der Waals surface area contributed by atoms with Gasteiger partial charge >= 0.3 is 0 Å². The first-order valence-corrected chi connectivity index (χ1v) is 7.49. The first-order valence-electron chi connectivity index (χ1n) is 6.62. The van der Waals surface area contributed by atoms with Gasteiger partial charge in [-0.3, -0.25) is 4.40 Å². The largest absolute Gasteiger partial charge is 0.352 e. The predicted octanol–water partition coefficient (Wildman–Crippen LogP) is 2.48. The summed E-state index contributed by atoms with van der Waals surface area (Å²) >= 11 is 1.67. The Labute approximate surface area is 111 Å². The van der Waals surface area contributed by atoms with Crippen molar-refractivity contribution in [1.29, 1.82) is 0 Å². The number of piperidine rings is 1. The highest BCUT2D eigenvalue weighted by Gasteiger charge is 2.27. The minimum atomic E-state index is 0.548. The van der Waals surface area contributed by atoms with Crippen molar-refractivity contribution in [3.05, 3.63) is 17.3 Å². The molecule has 1 saturated heterocycles. The van der Waals surface area contributed by atoms with E-state index < -0.39 is 0 Å². The second-order valence-electron chi connectivity index (χ2n) is 5.31. The molecule has 5 heteroatoms. The summed E-state index contributed by atoms with van der Waals surface area (Å²) in [6.07, 6.45) is 4.56. The average molecular weight is 264 g/mol. The van der Waals surface area contributed by atoms with E-state index in [1.807, 2.05) is 0 Å². The number of hydrogen-bond donors (Lipinski definition) is 1. The first kappa shape index (κ1) is 12.0. The van der Waals surface area contributed by atoms with Crippen molar-refractivity contribution in [2.24, 2.45) is 11.7 Å². The minimum Gasteiger partial charge on any atom is -0.352 e. The fraction of sp³-hybridized carbons (Fsp3) is 0.615. The Morgan fingerprint density at radius 3 is 3.06 bits per heavy atom. The molecule has 0 aromatic carbocycles. The van der Waals surface area contributed by atoms with Gasteiger partial charge in [-0.05, 0) is 25.7 Å². The second kappa shape index (κ2) is 4.55. The van der Waals surface area contributed by atoms with Crippen LogP contribution in [0.25, 0.3) is 4.96 Å². The molecule has 0 aliphatic carbocycles. The lowest BCUT2D eigenvalue weighted by Gasteiger charge is -2.37. The highest BCUT2D eigenvalue weighted by molar-refractivity contribution is 7.15. The lowest BCUT2D eigenvalue weighted by atomic mass is 9.93. The molecular weight excluding hydrogens is 244 g/mol. The molecule has 3 heterocycles. The van der Waals surface area contributed by atoms with Crippen LogP contribution < -0.4 is 10.6 Å². The highest BCUT2D eigenvalue weighted by atomic mass is 32.1. The van der Waals surface area contributed by atoms with E-state index >= 15 is 0 Å². The van der Waals surface area contributed by atoms with E-state index in [1.165, 1.54) is 12.8 Å². The van der Waals surface area contributed by atoms with Gasteiger partial charge in [0.2, 0.25) is 0 Å². The third-order valence-electron chi connectivity index (χ3n) is 3.94. The van der Waals surface area contributed by atoms with Gasteiger partial charge in [-0.2, -0.15) is 0 Å². The molecule has 3 rings (SSSR count). The second-order valence-corrected chi connectivity index (χ2v) is 6.19.